The quantitative estimate of drug-likeness (QED) is 0.288. The lowest BCUT2D eigenvalue weighted by Crippen LogP contribution is -2.75. The van der Waals surface area contributed by atoms with Crippen LogP contribution in [0.15, 0.2) is 92.5 Å². The molecule has 0 aliphatic carbocycles. The first kappa shape index (κ1) is 18.4. The Hall–Kier alpha value is -3.98. The summed E-state index contributed by atoms with van der Waals surface area (Å²) in [6, 6.07) is 12.6. The second-order valence-electron chi connectivity index (χ2n) is 6.52. The lowest BCUT2D eigenvalue weighted by atomic mass is 10.5. The van der Waals surface area contributed by atoms with Gasteiger partial charge in [-0.15, -0.1) is 0 Å². The lowest BCUT2D eigenvalue weighted by molar-refractivity contribution is 1.23. The van der Waals surface area contributed by atoms with Crippen molar-refractivity contribution in [3.63, 3.8) is 0 Å². The van der Waals surface area contributed by atoms with E-state index in [0.29, 0.717) is 0 Å². The largest absolute Gasteiger partial charge is 0.329 e. The van der Waals surface area contributed by atoms with Crippen LogP contribution in [0.5, 0.6) is 0 Å². The van der Waals surface area contributed by atoms with Crippen molar-refractivity contribution in [2.45, 2.75) is 0 Å². The Bertz CT molecular complexity index is 1120. The van der Waals surface area contributed by atoms with Crippen molar-refractivity contribution in [3.05, 3.63) is 115 Å². The number of rotatable bonds is 4. The first-order valence-electron chi connectivity index (χ1n) is 8.77. The summed E-state index contributed by atoms with van der Waals surface area (Å²) in [6.45, 7) is 0. The summed E-state index contributed by atoms with van der Waals surface area (Å²) in [6.07, 6.45) is 6.54. The molecule has 4 heterocycles. The summed E-state index contributed by atoms with van der Waals surface area (Å²) in [7, 11) is -3.07. The van der Waals surface area contributed by atoms with Gasteiger partial charge >= 0.3 is 0 Å². The van der Waals surface area contributed by atoms with Gasteiger partial charge in [-0.2, -0.15) is 0 Å². The third kappa shape index (κ3) is 3.23. The Morgan fingerprint density at radius 3 is 0.828 bits per heavy atom. The van der Waals surface area contributed by atoms with Gasteiger partial charge in [0.2, 0.25) is 22.2 Å². The van der Waals surface area contributed by atoms with Crippen LogP contribution < -0.4 is 43.0 Å². The Balaban J connectivity index is 2.17. The molecule has 0 unspecified atom stereocenters. The molecule has 0 radical (unpaired) electrons. The zero-order valence-corrected chi connectivity index (χ0v) is 16.1. The highest BCUT2D eigenvalue weighted by Crippen LogP contribution is 2.05. The van der Waals surface area contributed by atoms with E-state index in [0.717, 1.165) is 20.7 Å². The molecule has 0 fully saturated rings. The third-order valence-electron chi connectivity index (χ3n) is 4.87. The molecule has 0 atom stereocenters. The smallest absolute Gasteiger partial charge is 0.247 e. The molecule has 9 heteroatoms. The minimum Gasteiger partial charge on any atom is -0.329 e. The summed E-state index contributed by atoms with van der Waals surface area (Å²) in [5, 5.41) is 3.23. The first-order valence-corrected chi connectivity index (χ1v) is 10.8. The standard InChI is InChI=1S/C20H16N4O4Si/c25-17-5-1-13(9-21-17)29(14-2-6-18(26)22-10-14,15-3-7-19(27)23-11-15)16-4-8-20(28)24-12-16/h1-12H,(H,21,25)(H,22,26)(H,23,27)(H,24,28). The van der Waals surface area contributed by atoms with Crippen molar-refractivity contribution in [2.75, 3.05) is 0 Å². The fourth-order valence-corrected chi connectivity index (χ4v) is 8.06. The molecule has 8 nitrogen and oxygen atoms in total. The van der Waals surface area contributed by atoms with E-state index in [2.05, 4.69) is 19.9 Å². The second kappa shape index (κ2) is 7.21. The van der Waals surface area contributed by atoms with E-state index in [1.165, 1.54) is 24.3 Å². The number of H-pyrrole nitrogens is 4. The Morgan fingerprint density at radius 1 is 0.414 bits per heavy atom. The molecular weight excluding hydrogens is 388 g/mol. The van der Waals surface area contributed by atoms with Crippen LogP contribution in [0.2, 0.25) is 0 Å². The van der Waals surface area contributed by atoms with Crippen molar-refractivity contribution in [1.29, 1.82) is 0 Å². The van der Waals surface area contributed by atoms with Gasteiger partial charge in [-0.3, -0.25) is 19.2 Å². The lowest BCUT2D eigenvalue weighted by Gasteiger charge is -2.33. The van der Waals surface area contributed by atoms with Crippen LogP contribution in [-0.4, -0.2) is 28.0 Å². The van der Waals surface area contributed by atoms with Crippen molar-refractivity contribution < 1.29 is 0 Å². The fourth-order valence-electron chi connectivity index (χ4n) is 3.58. The molecular formula is C20H16N4O4Si. The SMILES string of the molecule is O=c1ccc([Si](c2ccc(=O)[nH]c2)(c2ccc(=O)[nH]c2)c2ccc(=O)[nH]c2)c[nH]1. The maximum Gasteiger partial charge on any atom is 0.247 e. The van der Waals surface area contributed by atoms with Gasteiger partial charge in [-0.05, 0) is 20.7 Å². The third-order valence-corrected chi connectivity index (χ3v) is 9.58. The molecule has 144 valence electrons. The average molecular weight is 404 g/mol. The van der Waals surface area contributed by atoms with E-state index < -0.39 is 8.07 Å². The van der Waals surface area contributed by atoms with Crippen LogP contribution in [0, 0.1) is 0 Å². The maximum atomic E-state index is 11.7. The van der Waals surface area contributed by atoms with E-state index in [1.807, 2.05) is 0 Å². The molecule has 0 amide bonds. The zero-order chi connectivity index (χ0) is 20.4. The molecule has 4 N–H and O–H groups in total. The number of aromatic amines is 4. The second-order valence-corrected chi connectivity index (χ2v) is 10.3. The monoisotopic (exact) mass is 404 g/mol. The molecule has 0 aromatic carbocycles. The van der Waals surface area contributed by atoms with Gasteiger partial charge in [0.25, 0.3) is 0 Å². The van der Waals surface area contributed by atoms with Gasteiger partial charge in [0.1, 0.15) is 0 Å². The summed E-state index contributed by atoms with van der Waals surface area (Å²) >= 11 is 0. The summed E-state index contributed by atoms with van der Waals surface area (Å²) in [4.78, 5) is 57.7. The minimum absolute atomic E-state index is 0.249. The van der Waals surface area contributed by atoms with Crippen LogP contribution in [-0.2, 0) is 0 Å². The topological polar surface area (TPSA) is 131 Å². The minimum atomic E-state index is -3.07. The molecule has 4 rings (SSSR count). The van der Waals surface area contributed by atoms with Gasteiger partial charge in [0.05, 0.1) is 0 Å². The molecule has 4 aromatic rings. The van der Waals surface area contributed by atoms with Crippen LogP contribution in [0.25, 0.3) is 0 Å². The number of aromatic nitrogens is 4. The number of hydrogen-bond acceptors (Lipinski definition) is 4. The zero-order valence-electron chi connectivity index (χ0n) is 15.1. The highest BCUT2D eigenvalue weighted by Gasteiger charge is 2.42. The summed E-state index contributed by atoms with van der Waals surface area (Å²) in [5.41, 5.74) is -0.996. The van der Waals surface area contributed by atoms with Crippen LogP contribution in [0.1, 0.15) is 0 Å². The molecule has 0 saturated heterocycles. The van der Waals surface area contributed by atoms with Gasteiger partial charge in [-0.25, -0.2) is 0 Å². The summed E-state index contributed by atoms with van der Waals surface area (Å²) in [5.74, 6) is 0. The van der Waals surface area contributed by atoms with E-state index in [4.69, 9.17) is 0 Å². The molecule has 0 aliphatic rings. The van der Waals surface area contributed by atoms with E-state index >= 15 is 0 Å². The number of nitrogens with one attached hydrogen (secondary N) is 4. The van der Waals surface area contributed by atoms with Crippen LogP contribution in [0.3, 0.4) is 0 Å². The molecule has 4 aromatic heterocycles. The van der Waals surface area contributed by atoms with Crippen molar-refractivity contribution in [1.82, 2.24) is 19.9 Å². The van der Waals surface area contributed by atoms with Crippen LogP contribution >= 0.6 is 0 Å². The Morgan fingerprint density at radius 2 is 0.655 bits per heavy atom. The van der Waals surface area contributed by atoms with Gasteiger partial charge < -0.3 is 19.9 Å². The van der Waals surface area contributed by atoms with Gasteiger partial charge in [-0.1, -0.05) is 24.3 Å². The normalized spacial score (nSPS) is 11.3. The number of pyridine rings is 4. The Labute approximate surface area is 164 Å². The maximum absolute atomic E-state index is 11.7. The first-order chi connectivity index (χ1) is 14.0. The van der Waals surface area contributed by atoms with Crippen molar-refractivity contribution in [2.24, 2.45) is 0 Å². The van der Waals surface area contributed by atoms with Crippen LogP contribution in [0.4, 0.5) is 0 Å². The molecule has 0 saturated carbocycles. The summed E-state index contributed by atoms with van der Waals surface area (Å²) < 4.78 is 0. The molecule has 0 bridgehead atoms. The van der Waals surface area contributed by atoms with E-state index in [-0.39, 0.29) is 22.2 Å². The van der Waals surface area contributed by atoms with E-state index in [9.17, 15) is 19.2 Å². The van der Waals surface area contributed by atoms with Crippen molar-refractivity contribution in [3.8, 4) is 0 Å². The molecule has 0 spiro atoms. The molecule has 0 aliphatic heterocycles. The highest BCUT2D eigenvalue weighted by molar-refractivity contribution is 7.19. The van der Waals surface area contributed by atoms with E-state index in [1.54, 1.807) is 49.1 Å². The predicted octanol–water partition coefficient (Wildman–Crippen LogP) is -2.18. The number of hydrogen-bond donors (Lipinski definition) is 4. The van der Waals surface area contributed by atoms with Gasteiger partial charge in [0.15, 0.2) is 8.07 Å². The van der Waals surface area contributed by atoms with Crippen molar-refractivity contribution >= 4 is 28.8 Å². The highest BCUT2D eigenvalue weighted by atomic mass is 28.3. The predicted molar refractivity (Wildman–Crippen MR) is 113 cm³/mol. The van der Waals surface area contributed by atoms with Gasteiger partial charge in [0, 0.05) is 49.1 Å². The fraction of sp³-hybridized carbons (Fsp3) is 0. The average Bonchev–Trinajstić information content (AvgIpc) is 2.73. The Kier molecular flexibility index (Phi) is 4.57. The molecule has 29 heavy (non-hydrogen) atoms.